The van der Waals surface area contributed by atoms with Gasteiger partial charge < -0.3 is 9.67 Å². The number of rotatable bonds is 3. The fraction of sp³-hybridized carbons (Fsp3) is 0.333. The van der Waals surface area contributed by atoms with Gasteiger partial charge in [-0.3, -0.25) is 4.98 Å². The highest BCUT2D eigenvalue weighted by atomic mass is 16.3. The van der Waals surface area contributed by atoms with Crippen molar-refractivity contribution in [2.75, 3.05) is 0 Å². The van der Waals surface area contributed by atoms with Gasteiger partial charge in [-0.2, -0.15) is 0 Å². The van der Waals surface area contributed by atoms with Crippen LogP contribution in [0, 0.1) is 0 Å². The number of hydrogen-bond acceptors (Lipinski definition) is 3. The van der Waals surface area contributed by atoms with Crippen LogP contribution in [0.5, 0.6) is 0 Å². The van der Waals surface area contributed by atoms with E-state index >= 15 is 0 Å². The second-order valence-corrected chi connectivity index (χ2v) is 3.68. The molecule has 2 heterocycles. The number of hydrogen-bond donors (Lipinski definition) is 1. The highest BCUT2D eigenvalue weighted by Gasteiger charge is 2.05. The van der Waals surface area contributed by atoms with Crippen LogP contribution in [0.2, 0.25) is 0 Å². The molecular formula is C12H15N3O. The van der Waals surface area contributed by atoms with Crippen LogP contribution in [0.25, 0.3) is 5.69 Å². The van der Waals surface area contributed by atoms with Crippen molar-refractivity contribution in [3.05, 3.63) is 42.2 Å². The van der Waals surface area contributed by atoms with Gasteiger partial charge in [-0.25, -0.2) is 4.98 Å². The van der Waals surface area contributed by atoms with Crippen molar-refractivity contribution in [3.63, 3.8) is 0 Å². The van der Waals surface area contributed by atoms with E-state index < -0.39 is 6.10 Å². The van der Waals surface area contributed by atoms with E-state index in [0.29, 0.717) is 5.69 Å². The van der Waals surface area contributed by atoms with Gasteiger partial charge in [-0.1, -0.05) is 6.92 Å². The lowest BCUT2D eigenvalue weighted by Crippen LogP contribution is -2.01. The summed E-state index contributed by atoms with van der Waals surface area (Å²) in [5.41, 5.74) is 1.65. The molecule has 0 amide bonds. The lowest BCUT2D eigenvalue weighted by atomic mass is 10.2. The Morgan fingerprint density at radius 2 is 2.19 bits per heavy atom. The fourth-order valence-electron chi connectivity index (χ4n) is 1.62. The summed E-state index contributed by atoms with van der Waals surface area (Å²) in [7, 11) is 0. The molecule has 0 saturated heterocycles. The Morgan fingerprint density at radius 3 is 2.75 bits per heavy atom. The zero-order chi connectivity index (χ0) is 11.5. The summed E-state index contributed by atoms with van der Waals surface area (Å²) in [6.45, 7) is 3.77. The number of aromatic nitrogens is 3. The first-order valence-corrected chi connectivity index (χ1v) is 5.39. The lowest BCUT2D eigenvalue weighted by Gasteiger charge is -2.08. The third-order valence-electron chi connectivity index (χ3n) is 2.51. The van der Waals surface area contributed by atoms with Crippen molar-refractivity contribution in [2.45, 2.75) is 26.4 Å². The average molecular weight is 217 g/mol. The Hall–Kier alpha value is -1.68. The maximum Gasteiger partial charge on any atom is 0.112 e. The molecule has 0 radical (unpaired) electrons. The molecule has 16 heavy (non-hydrogen) atoms. The fourth-order valence-corrected chi connectivity index (χ4v) is 1.62. The van der Waals surface area contributed by atoms with E-state index in [1.807, 2.05) is 22.9 Å². The van der Waals surface area contributed by atoms with Crippen LogP contribution in [0.1, 0.15) is 31.5 Å². The number of aryl methyl sites for hydroxylation is 1. The summed E-state index contributed by atoms with van der Waals surface area (Å²) in [6.07, 6.45) is 5.80. The summed E-state index contributed by atoms with van der Waals surface area (Å²) in [5.74, 6) is 1.01. The Morgan fingerprint density at radius 1 is 1.38 bits per heavy atom. The summed E-state index contributed by atoms with van der Waals surface area (Å²) in [6, 6.07) is 3.77. The first-order chi connectivity index (χ1) is 7.72. The number of pyridine rings is 1. The normalized spacial score (nSPS) is 12.7. The van der Waals surface area contributed by atoms with E-state index in [0.717, 1.165) is 17.9 Å². The molecule has 0 aromatic carbocycles. The maximum atomic E-state index is 9.36. The summed E-state index contributed by atoms with van der Waals surface area (Å²) in [4.78, 5) is 8.47. The second-order valence-electron chi connectivity index (χ2n) is 3.68. The average Bonchev–Trinajstić information content (AvgIpc) is 2.77. The Labute approximate surface area is 94.6 Å². The van der Waals surface area contributed by atoms with Gasteiger partial charge in [0.2, 0.25) is 0 Å². The SMILES string of the molecule is CCc1nccn1-c1ccc(C(C)O)nc1. The van der Waals surface area contributed by atoms with Crippen molar-refractivity contribution in [1.29, 1.82) is 0 Å². The van der Waals surface area contributed by atoms with Crippen molar-refractivity contribution in [1.82, 2.24) is 14.5 Å². The largest absolute Gasteiger partial charge is 0.387 e. The highest BCUT2D eigenvalue weighted by molar-refractivity contribution is 5.31. The predicted molar refractivity (Wildman–Crippen MR) is 61.4 cm³/mol. The molecule has 0 aliphatic carbocycles. The van der Waals surface area contributed by atoms with Gasteiger partial charge in [0.15, 0.2) is 0 Å². The summed E-state index contributed by atoms with van der Waals surface area (Å²) < 4.78 is 2.00. The van der Waals surface area contributed by atoms with Gasteiger partial charge in [0.25, 0.3) is 0 Å². The molecule has 1 atom stereocenters. The molecule has 0 bridgehead atoms. The molecule has 2 aromatic heterocycles. The zero-order valence-corrected chi connectivity index (χ0v) is 9.46. The summed E-state index contributed by atoms with van der Waals surface area (Å²) >= 11 is 0. The van der Waals surface area contributed by atoms with Gasteiger partial charge >= 0.3 is 0 Å². The van der Waals surface area contributed by atoms with Crippen LogP contribution in [-0.2, 0) is 6.42 Å². The molecule has 84 valence electrons. The minimum atomic E-state index is -0.525. The third-order valence-corrected chi connectivity index (χ3v) is 2.51. The van der Waals surface area contributed by atoms with E-state index in [9.17, 15) is 5.11 Å². The van der Waals surface area contributed by atoms with Gasteiger partial charge in [0.05, 0.1) is 23.7 Å². The van der Waals surface area contributed by atoms with E-state index in [1.165, 1.54) is 0 Å². The molecule has 2 aromatic rings. The summed E-state index contributed by atoms with van der Waals surface area (Å²) in [5, 5.41) is 9.36. The first-order valence-electron chi connectivity index (χ1n) is 5.39. The standard InChI is InChI=1S/C12H15N3O/c1-3-12-13-6-7-15(12)10-4-5-11(9(2)16)14-8-10/h4-9,16H,3H2,1-2H3. The molecule has 0 aliphatic heterocycles. The van der Waals surface area contributed by atoms with Gasteiger partial charge in [-0.15, -0.1) is 0 Å². The molecule has 2 rings (SSSR count). The van der Waals surface area contributed by atoms with Gasteiger partial charge in [-0.05, 0) is 19.1 Å². The number of nitrogens with zero attached hydrogens (tertiary/aromatic N) is 3. The Kier molecular flexibility index (Phi) is 3.01. The molecule has 0 fully saturated rings. The van der Waals surface area contributed by atoms with Crippen LogP contribution in [0.4, 0.5) is 0 Å². The minimum Gasteiger partial charge on any atom is -0.387 e. The molecule has 1 N–H and O–H groups in total. The molecule has 0 saturated carbocycles. The minimum absolute atomic E-state index is 0.525. The lowest BCUT2D eigenvalue weighted by molar-refractivity contribution is 0.194. The van der Waals surface area contributed by atoms with Crippen molar-refractivity contribution in [2.24, 2.45) is 0 Å². The van der Waals surface area contributed by atoms with Crippen LogP contribution >= 0.6 is 0 Å². The smallest absolute Gasteiger partial charge is 0.112 e. The Bertz CT molecular complexity index is 459. The van der Waals surface area contributed by atoms with Gasteiger partial charge in [0.1, 0.15) is 5.82 Å². The van der Waals surface area contributed by atoms with Crippen molar-refractivity contribution >= 4 is 0 Å². The topological polar surface area (TPSA) is 50.9 Å². The second kappa shape index (κ2) is 4.45. The zero-order valence-electron chi connectivity index (χ0n) is 9.46. The monoisotopic (exact) mass is 217 g/mol. The first kappa shape index (κ1) is 10.8. The van der Waals surface area contributed by atoms with Crippen molar-refractivity contribution < 1.29 is 5.11 Å². The van der Waals surface area contributed by atoms with E-state index in [1.54, 1.807) is 19.3 Å². The molecule has 1 unspecified atom stereocenters. The number of aliphatic hydroxyl groups excluding tert-OH is 1. The Balaban J connectivity index is 2.35. The molecule has 4 heteroatoms. The molecule has 4 nitrogen and oxygen atoms in total. The van der Waals surface area contributed by atoms with E-state index in [-0.39, 0.29) is 0 Å². The molecule has 0 aliphatic rings. The van der Waals surface area contributed by atoms with Crippen LogP contribution in [0.3, 0.4) is 0 Å². The van der Waals surface area contributed by atoms with E-state index in [4.69, 9.17) is 0 Å². The molecular weight excluding hydrogens is 202 g/mol. The van der Waals surface area contributed by atoms with Crippen LogP contribution < -0.4 is 0 Å². The van der Waals surface area contributed by atoms with Crippen molar-refractivity contribution in [3.8, 4) is 5.69 Å². The van der Waals surface area contributed by atoms with Crippen LogP contribution in [-0.4, -0.2) is 19.6 Å². The quantitative estimate of drug-likeness (QED) is 0.854. The van der Waals surface area contributed by atoms with Crippen LogP contribution in [0.15, 0.2) is 30.7 Å². The van der Waals surface area contributed by atoms with Gasteiger partial charge in [0, 0.05) is 18.8 Å². The number of imidazole rings is 1. The third kappa shape index (κ3) is 1.97. The van der Waals surface area contributed by atoms with E-state index in [2.05, 4.69) is 16.9 Å². The molecule has 0 spiro atoms. The highest BCUT2D eigenvalue weighted by Crippen LogP contribution is 2.13. The predicted octanol–water partition coefficient (Wildman–Crippen LogP) is 1.88. The maximum absolute atomic E-state index is 9.36. The number of aliphatic hydroxyl groups is 1.